The molecule has 178 valence electrons. The summed E-state index contributed by atoms with van der Waals surface area (Å²) in [5.41, 5.74) is 1.62. The van der Waals surface area contributed by atoms with E-state index in [9.17, 15) is 14.7 Å². The second kappa shape index (κ2) is 11.1. The number of rotatable bonds is 8. The zero-order valence-corrected chi connectivity index (χ0v) is 20.3. The number of halogens is 1. The van der Waals surface area contributed by atoms with Gasteiger partial charge in [0.1, 0.15) is 5.75 Å². The summed E-state index contributed by atoms with van der Waals surface area (Å²) in [4.78, 5) is 30.5. The number of hydrogen-bond donors (Lipinski definition) is 2. The zero-order valence-electron chi connectivity index (χ0n) is 18.8. The number of nitrogens with one attached hydrogen (secondary N) is 1. The minimum Gasteiger partial charge on any atom is -0.495 e. The van der Waals surface area contributed by atoms with Crippen LogP contribution in [0.5, 0.6) is 11.6 Å². The number of aromatic hydroxyl groups is 1. The van der Waals surface area contributed by atoms with Crippen molar-refractivity contribution in [1.82, 2.24) is 9.55 Å². The molecule has 3 aromatic carbocycles. The third-order valence-corrected chi connectivity index (χ3v) is 6.32. The zero-order chi connectivity index (χ0) is 24.8. The second-order valence-electron chi connectivity index (χ2n) is 7.52. The molecule has 0 aliphatic heterocycles. The number of aromatic nitrogens is 2. The van der Waals surface area contributed by atoms with Crippen LogP contribution in [0.2, 0.25) is 5.02 Å². The predicted octanol–water partition coefficient (Wildman–Crippen LogP) is 4.92. The molecule has 9 heteroatoms. The Kier molecular flexibility index (Phi) is 7.74. The van der Waals surface area contributed by atoms with Crippen LogP contribution >= 0.6 is 23.4 Å². The number of amides is 1. The monoisotopic (exact) mass is 507 g/mol. The Morgan fingerprint density at radius 2 is 1.74 bits per heavy atom. The van der Waals surface area contributed by atoms with E-state index in [2.05, 4.69) is 10.3 Å². The molecule has 0 aliphatic rings. The maximum atomic E-state index is 13.6. The van der Waals surface area contributed by atoms with Crippen LogP contribution in [-0.4, -0.2) is 33.4 Å². The van der Waals surface area contributed by atoms with Crippen molar-refractivity contribution >= 4 is 35.0 Å². The first-order valence-corrected chi connectivity index (χ1v) is 12.0. The first kappa shape index (κ1) is 24.4. The van der Waals surface area contributed by atoms with E-state index < -0.39 is 5.56 Å². The van der Waals surface area contributed by atoms with Crippen molar-refractivity contribution in [2.45, 2.75) is 11.6 Å². The Morgan fingerprint density at radius 1 is 1.06 bits per heavy atom. The van der Waals surface area contributed by atoms with Crippen LogP contribution in [-0.2, 0) is 11.2 Å². The van der Waals surface area contributed by atoms with E-state index in [1.807, 2.05) is 30.3 Å². The predicted molar refractivity (Wildman–Crippen MR) is 138 cm³/mol. The van der Waals surface area contributed by atoms with Gasteiger partial charge in [-0.1, -0.05) is 65.8 Å². The topological polar surface area (TPSA) is 93.4 Å². The summed E-state index contributed by atoms with van der Waals surface area (Å²) < 4.78 is 6.84. The van der Waals surface area contributed by atoms with E-state index in [-0.39, 0.29) is 34.7 Å². The van der Waals surface area contributed by atoms with E-state index >= 15 is 0 Å². The highest BCUT2D eigenvalue weighted by atomic mass is 35.5. The summed E-state index contributed by atoms with van der Waals surface area (Å²) in [7, 11) is 1.51. The van der Waals surface area contributed by atoms with Crippen LogP contribution in [0.1, 0.15) is 11.1 Å². The van der Waals surface area contributed by atoms with Gasteiger partial charge >= 0.3 is 0 Å². The molecule has 0 bridgehead atoms. The number of thioether (sulfide) groups is 1. The Bertz CT molecular complexity index is 1390. The SMILES string of the molecule is COc1ccccc1-n1c(SCC(=O)Nc2ccc(Cl)cc2)nc(O)c(Cc2ccccc2)c1=O. The number of ether oxygens (including phenoxy) is 1. The van der Waals surface area contributed by atoms with Crippen LogP contribution in [0.3, 0.4) is 0 Å². The fourth-order valence-corrected chi connectivity index (χ4v) is 4.38. The first-order valence-electron chi connectivity index (χ1n) is 10.7. The average Bonchev–Trinajstić information content (AvgIpc) is 2.87. The third kappa shape index (κ3) is 5.85. The fraction of sp³-hybridized carbons (Fsp3) is 0.115. The highest BCUT2D eigenvalue weighted by Gasteiger charge is 2.21. The summed E-state index contributed by atoms with van der Waals surface area (Å²) >= 11 is 6.92. The maximum absolute atomic E-state index is 13.6. The molecule has 0 saturated carbocycles. The van der Waals surface area contributed by atoms with E-state index in [0.717, 1.165) is 17.3 Å². The number of nitrogens with zero attached hydrogens (tertiary/aromatic N) is 2. The molecule has 7 nitrogen and oxygen atoms in total. The lowest BCUT2D eigenvalue weighted by molar-refractivity contribution is -0.113. The minimum atomic E-state index is -0.438. The van der Waals surface area contributed by atoms with E-state index in [4.69, 9.17) is 16.3 Å². The Balaban J connectivity index is 1.69. The lowest BCUT2D eigenvalue weighted by Crippen LogP contribution is -2.26. The van der Waals surface area contributed by atoms with Crippen molar-refractivity contribution in [2.75, 3.05) is 18.2 Å². The van der Waals surface area contributed by atoms with E-state index in [0.29, 0.717) is 22.1 Å². The van der Waals surface area contributed by atoms with Gasteiger partial charge in [0.15, 0.2) is 5.16 Å². The number of carbonyl (C=O) groups is 1. The van der Waals surface area contributed by atoms with Crippen LogP contribution in [0, 0.1) is 0 Å². The molecule has 0 fully saturated rings. The highest BCUT2D eigenvalue weighted by molar-refractivity contribution is 7.99. The van der Waals surface area contributed by atoms with Gasteiger partial charge in [0.05, 0.1) is 24.1 Å². The van der Waals surface area contributed by atoms with Gasteiger partial charge in [0.25, 0.3) is 5.56 Å². The van der Waals surface area contributed by atoms with E-state index in [1.54, 1.807) is 48.5 Å². The first-order chi connectivity index (χ1) is 17.0. The van der Waals surface area contributed by atoms with Gasteiger partial charge in [-0.3, -0.25) is 14.2 Å². The number of benzene rings is 3. The number of para-hydroxylation sites is 2. The van der Waals surface area contributed by atoms with Crippen LogP contribution < -0.4 is 15.6 Å². The van der Waals surface area contributed by atoms with Crippen LogP contribution in [0.4, 0.5) is 5.69 Å². The summed E-state index contributed by atoms with van der Waals surface area (Å²) in [6.45, 7) is 0. The highest BCUT2D eigenvalue weighted by Crippen LogP contribution is 2.28. The van der Waals surface area contributed by atoms with Gasteiger partial charge in [-0.25, -0.2) is 0 Å². The molecule has 4 rings (SSSR count). The number of carbonyl (C=O) groups excluding carboxylic acids is 1. The van der Waals surface area contributed by atoms with Crippen molar-refractivity contribution in [3.8, 4) is 17.3 Å². The molecular formula is C26H22ClN3O4S. The summed E-state index contributed by atoms with van der Waals surface area (Å²) in [5, 5.41) is 14.2. The lowest BCUT2D eigenvalue weighted by Gasteiger charge is -2.17. The molecule has 0 spiro atoms. The van der Waals surface area contributed by atoms with Gasteiger partial charge in [-0.05, 0) is 42.0 Å². The maximum Gasteiger partial charge on any atom is 0.266 e. The molecule has 0 radical (unpaired) electrons. The molecule has 0 aliphatic carbocycles. The minimum absolute atomic E-state index is 0.0400. The number of anilines is 1. The number of hydrogen-bond acceptors (Lipinski definition) is 6. The Hall–Kier alpha value is -3.75. The molecule has 4 aromatic rings. The van der Waals surface area contributed by atoms with E-state index in [1.165, 1.54) is 11.7 Å². The van der Waals surface area contributed by atoms with Crippen LogP contribution in [0.25, 0.3) is 5.69 Å². The smallest absolute Gasteiger partial charge is 0.266 e. The quantitative estimate of drug-likeness (QED) is 0.260. The van der Waals surface area contributed by atoms with Gasteiger partial charge in [0, 0.05) is 17.1 Å². The molecule has 1 amide bonds. The third-order valence-electron chi connectivity index (χ3n) is 5.13. The summed E-state index contributed by atoms with van der Waals surface area (Å²) in [6, 6.07) is 23.1. The van der Waals surface area contributed by atoms with Crippen molar-refractivity contribution in [3.05, 3.63) is 105 Å². The second-order valence-corrected chi connectivity index (χ2v) is 8.89. The molecule has 35 heavy (non-hydrogen) atoms. The number of methoxy groups -OCH3 is 1. The normalized spacial score (nSPS) is 10.7. The molecule has 0 unspecified atom stereocenters. The Labute approximate surface area is 211 Å². The molecular weight excluding hydrogens is 486 g/mol. The summed E-state index contributed by atoms with van der Waals surface area (Å²) in [6.07, 6.45) is 0.204. The molecule has 0 atom stereocenters. The molecule has 0 saturated heterocycles. The van der Waals surface area contributed by atoms with Crippen molar-refractivity contribution in [1.29, 1.82) is 0 Å². The molecule has 2 N–H and O–H groups in total. The van der Waals surface area contributed by atoms with Gasteiger partial charge < -0.3 is 15.2 Å². The summed E-state index contributed by atoms with van der Waals surface area (Å²) in [5.74, 6) is -0.251. The van der Waals surface area contributed by atoms with Crippen LogP contribution in [0.15, 0.2) is 88.8 Å². The standard InChI is InChI=1S/C26H22ClN3O4S/c1-34-22-10-6-5-9-21(22)30-25(33)20(15-17-7-3-2-4-8-17)24(32)29-26(30)35-16-23(31)28-19-13-11-18(27)12-14-19/h2-14,32H,15-16H2,1H3,(H,28,31). The van der Waals surface area contributed by atoms with Crippen molar-refractivity contribution < 1.29 is 14.6 Å². The largest absolute Gasteiger partial charge is 0.495 e. The van der Waals surface area contributed by atoms with Crippen molar-refractivity contribution in [2.24, 2.45) is 0 Å². The average molecular weight is 508 g/mol. The van der Waals surface area contributed by atoms with Crippen molar-refractivity contribution in [3.63, 3.8) is 0 Å². The molecule has 1 heterocycles. The Morgan fingerprint density at radius 3 is 2.46 bits per heavy atom. The fourth-order valence-electron chi connectivity index (χ4n) is 3.46. The van der Waals surface area contributed by atoms with Gasteiger partial charge in [0.2, 0.25) is 11.8 Å². The van der Waals surface area contributed by atoms with Gasteiger partial charge in [-0.2, -0.15) is 4.98 Å². The lowest BCUT2D eigenvalue weighted by atomic mass is 10.1. The van der Waals surface area contributed by atoms with Gasteiger partial charge in [-0.15, -0.1) is 0 Å². The molecule has 1 aromatic heterocycles.